The van der Waals surface area contributed by atoms with Gasteiger partial charge in [0, 0.05) is 54.3 Å². The van der Waals surface area contributed by atoms with E-state index in [0.717, 1.165) is 29.7 Å². The van der Waals surface area contributed by atoms with Gasteiger partial charge in [0.15, 0.2) is 0 Å². The van der Waals surface area contributed by atoms with Gasteiger partial charge >= 0.3 is 12.6 Å². The van der Waals surface area contributed by atoms with Crippen molar-refractivity contribution >= 4 is 17.6 Å². The van der Waals surface area contributed by atoms with E-state index in [4.69, 9.17) is 9.72 Å². The van der Waals surface area contributed by atoms with Crippen molar-refractivity contribution in [1.82, 2.24) is 19.4 Å². The first-order chi connectivity index (χ1) is 19.7. The number of halogens is 2. The van der Waals surface area contributed by atoms with Gasteiger partial charge in [-0.3, -0.25) is 4.79 Å². The fourth-order valence-electron chi connectivity index (χ4n) is 7.21. The average Bonchev–Trinajstić information content (AvgIpc) is 3.55. The summed E-state index contributed by atoms with van der Waals surface area (Å²) in [7, 11) is 0. The van der Waals surface area contributed by atoms with Crippen LogP contribution in [0.15, 0.2) is 55.0 Å². The number of aliphatic carboxylic acids is 1. The minimum atomic E-state index is -2.96. The predicted octanol–water partition coefficient (Wildman–Crippen LogP) is 4.68. The second kappa shape index (κ2) is 9.47. The van der Waals surface area contributed by atoms with Crippen LogP contribution in [0.4, 0.5) is 14.7 Å². The van der Waals surface area contributed by atoms with Gasteiger partial charge in [0.1, 0.15) is 17.0 Å². The summed E-state index contributed by atoms with van der Waals surface area (Å²) in [6, 6.07) is 10.4. The molecule has 0 amide bonds. The van der Waals surface area contributed by atoms with Crippen LogP contribution in [0.25, 0.3) is 16.8 Å². The summed E-state index contributed by atoms with van der Waals surface area (Å²) in [6.07, 6.45) is 7.52. The molecule has 41 heavy (non-hydrogen) atoms. The number of pyridine rings is 1. The van der Waals surface area contributed by atoms with E-state index >= 15 is 0 Å². The van der Waals surface area contributed by atoms with Gasteiger partial charge in [0.2, 0.25) is 5.95 Å². The number of carbonyl (C=O) groups is 1. The second-order valence-corrected chi connectivity index (χ2v) is 11.6. The Labute approximate surface area is 234 Å². The fraction of sp³-hybridized carbons (Fsp3) is 0.400. The third-order valence-electron chi connectivity index (χ3n) is 8.98. The summed E-state index contributed by atoms with van der Waals surface area (Å²) < 4.78 is 33.1. The number of carboxylic acid groups (broad SMARTS) is 1. The summed E-state index contributed by atoms with van der Waals surface area (Å²) in [4.78, 5) is 27.7. The number of anilines is 1. The van der Waals surface area contributed by atoms with Crippen LogP contribution in [0.1, 0.15) is 49.1 Å². The third-order valence-corrected chi connectivity index (χ3v) is 8.98. The number of hydrogen-bond donors (Lipinski definition) is 2. The molecule has 1 saturated carbocycles. The largest absolute Gasteiger partial charge is 0.481 e. The van der Waals surface area contributed by atoms with Gasteiger partial charge in [-0.2, -0.15) is 8.78 Å². The number of para-hydroxylation sites is 1. The molecular formula is C30H29F2N5O4. The Kier molecular flexibility index (Phi) is 5.97. The van der Waals surface area contributed by atoms with E-state index in [1.807, 2.05) is 22.7 Å². The van der Waals surface area contributed by atoms with Crippen molar-refractivity contribution in [3.63, 3.8) is 0 Å². The van der Waals surface area contributed by atoms with Gasteiger partial charge in [0.25, 0.3) is 0 Å². The summed E-state index contributed by atoms with van der Waals surface area (Å²) in [5.41, 5.74) is 2.80. The molecule has 9 nitrogen and oxygen atoms in total. The molecule has 1 aromatic carbocycles. The number of hydrogen-bond acceptors (Lipinski definition) is 7. The molecule has 1 aliphatic heterocycles. The highest BCUT2D eigenvalue weighted by molar-refractivity contribution is 5.72. The summed E-state index contributed by atoms with van der Waals surface area (Å²) in [6.45, 7) is -0.00271. The van der Waals surface area contributed by atoms with E-state index in [1.54, 1.807) is 37.5 Å². The Hall–Kier alpha value is -4.12. The number of rotatable bonds is 6. The first-order valence-electron chi connectivity index (χ1n) is 13.8. The van der Waals surface area contributed by atoms with Crippen LogP contribution < -0.4 is 9.64 Å². The van der Waals surface area contributed by atoms with E-state index in [0.29, 0.717) is 35.9 Å². The van der Waals surface area contributed by atoms with Crippen LogP contribution in [-0.4, -0.2) is 55.2 Å². The van der Waals surface area contributed by atoms with Crippen molar-refractivity contribution in [2.75, 3.05) is 18.0 Å². The number of piperidine rings is 1. The number of aliphatic hydroxyl groups is 1. The van der Waals surface area contributed by atoms with Crippen LogP contribution >= 0.6 is 0 Å². The first kappa shape index (κ1) is 25.8. The number of fused-ring (bicyclic) bond motifs is 5. The quantitative estimate of drug-likeness (QED) is 0.349. The lowest BCUT2D eigenvalue weighted by Gasteiger charge is -2.35. The van der Waals surface area contributed by atoms with Crippen LogP contribution in [0, 0.1) is 17.8 Å². The van der Waals surface area contributed by atoms with Crippen molar-refractivity contribution in [2.24, 2.45) is 17.8 Å². The molecule has 7 rings (SSSR count). The molecule has 4 aromatic rings. The second-order valence-electron chi connectivity index (χ2n) is 11.6. The minimum absolute atomic E-state index is 0.0760. The molecule has 0 spiro atoms. The van der Waals surface area contributed by atoms with Crippen LogP contribution in [0.3, 0.4) is 0 Å². The third kappa shape index (κ3) is 4.30. The number of ether oxygens (including phenoxy) is 1. The number of alkyl halides is 2. The van der Waals surface area contributed by atoms with E-state index < -0.39 is 24.1 Å². The van der Waals surface area contributed by atoms with Gasteiger partial charge in [-0.05, 0) is 56.2 Å². The van der Waals surface area contributed by atoms with Crippen LogP contribution in [0.2, 0.25) is 0 Å². The maximum absolute atomic E-state index is 13.2. The molecule has 2 bridgehead atoms. The number of nitrogens with zero attached hydrogens (tertiary/aromatic N) is 5. The highest BCUT2D eigenvalue weighted by Gasteiger charge is 2.47. The molecule has 11 heteroatoms. The Morgan fingerprint density at radius 1 is 1.07 bits per heavy atom. The summed E-state index contributed by atoms with van der Waals surface area (Å²) in [5, 5.41) is 20.9. The molecule has 4 heterocycles. The Balaban J connectivity index is 1.22. The van der Waals surface area contributed by atoms with Crippen molar-refractivity contribution in [1.29, 1.82) is 0 Å². The maximum Gasteiger partial charge on any atom is 0.387 e. The van der Waals surface area contributed by atoms with Gasteiger partial charge in [-0.25, -0.2) is 15.0 Å². The lowest BCUT2D eigenvalue weighted by Crippen LogP contribution is -2.45. The predicted molar refractivity (Wildman–Crippen MR) is 145 cm³/mol. The van der Waals surface area contributed by atoms with Crippen molar-refractivity contribution in [3.05, 3.63) is 71.9 Å². The normalized spacial score (nSPS) is 27.0. The number of aromatic nitrogens is 4. The molecule has 2 aliphatic carbocycles. The number of benzene rings is 1. The van der Waals surface area contributed by atoms with E-state index in [-0.39, 0.29) is 29.9 Å². The number of imidazole rings is 1. The average molecular weight is 562 g/mol. The van der Waals surface area contributed by atoms with Crippen molar-refractivity contribution in [2.45, 2.75) is 44.3 Å². The van der Waals surface area contributed by atoms with Gasteiger partial charge in [-0.15, -0.1) is 0 Å². The number of carboxylic acids is 1. The summed E-state index contributed by atoms with van der Waals surface area (Å²) in [5.74, 6) is -0.514. The highest BCUT2D eigenvalue weighted by Crippen LogP contribution is 2.50. The van der Waals surface area contributed by atoms with E-state index in [2.05, 4.69) is 14.9 Å². The monoisotopic (exact) mass is 561 g/mol. The zero-order chi connectivity index (χ0) is 28.5. The molecule has 1 saturated heterocycles. The molecule has 212 valence electrons. The Morgan fingerprint density at radius 2 is 1.78 bits per heavy atom. The van der Waals surface area contributed by atoms with Crippen molar-refractivity contribution in [3.8, 4) is 16.9 Å². The first-order valence-corrected chi connectivity index (χ1v) is 13.8. The van der Waals surface area contributed by atoms with Gasteiger partial charge in [-0.1, -0.05) is 18.2 Å². The fourth-order valence-corrected chi connectivity index (χ4v) is 7.21. The molecule has 3 aromatic heterocycles. The van der Waals surface area contributed by atoms with Gasteiger partial charge in [0.05, 0.1) is 17.3 Å². The minimum Gasteiger partial charge on any atom is -0.481 e. The SMILES string of the molecule is CC1(O)C[C@H](c2ccccc2OC(F)F)c2c1nc1ccc(-c3cnc(N4CC5CCC(C4)C5C(=O)O)nc3)cn21. The molecule has 3 aliphatic rings. The van der Waals surface area contributed by atoms with Crippen LogP contribution in [0.5, 0.6) is 5.75 Å². The van der Waals surface area contributed by atoms with Crippen LogP contribution in [-0.2, 0) is 10.4 Å². The lowest BCUT2D eigenvalue weighted by molar-refractivity contribution is -0.144. The zero-order valence-electron chi connectivity index (χ0n) is 22.3. The molecule has 0 radical (unpaired) electrons. The molecular weight excluding hydrogens is 532 g/mol. The Bertz CT molecular complexity index is 1630. The highest BCUT2D eigenvalue weighted by atomic mass is 19.3. The zero-order valence-corrected chi connectivity index (χ0v) is 22.3. The Morgan fingerprint density at radius 3 is 2.46 bits per heavy atom. The van der Waals surface area contributed by atoms with E-state index in [1.165, 1.54) is 6.07 Å². The molecule has 2 fully saturated rings. The summed E-state index contributed by atoms with van der Waals surface area (Å²) >= 11 is 0. The topological polar surface area (TPSA) is 113 Å². The molecule has 3 unspecified atom stereocenters. The smallest absolute Gasteiger partial charge is 0.387 e. The lowest BCUT2D eigenvalue weighted by atomic mass is 9.85. The maximum atomic E-state index is 13.2. The standard InChI is InChI=1S/C30H29F2N5O4/c1-30(40)10-21(20-4-2-3-5-22(20)41-28(31)32)25-26(30)35-23-9-8-16(15-37(23)25)19-11-33-29(34-12-19)36-13-17-6-7-18(14-36)24(17)27(38)39/h2-5,8-9,11-12,15,17-18,21,24,28,40H,6-7,10,13-14H2,1H3,(H,38,39)/t17?,18?,21-,24?,30?/m1/s1. The van der Waals surface area contributed by atoms with E-state index in [9.17, 15) is 23.8 Å². The van der Waals surface area contributed by atoms with Crippen molar-refractivity contribution < 1.29 is 28.5 Å². The molecule has 2 N–H and O–H groups in total. The van der Waals surface area contributed by atoms with Gasteiger partial charge < -0.3 is 24.3 Å². The molecule has 4 atom stereocenters.